The molecule has 1 aliphatic carbocycles. The number of carbonyl (C=O) groups excluding carboxylic acids is 2. The summed E-state index contributed by atoms with van der Waals surface area (Å²) < 4.78 is 54.9. The summed E-state index contributed by atoms with van der Waals surface area (Å²) in [4.78, 5) is 24.1. The van der Waals surface area contributed by atoms with Crippen molar-refractivity contribution in [2.24, 2.45) is 0 Å². The standard InChI is InChI=1S/C46H73NO12/c1-2-3-4-5-6-7-8-9-10-20-45(48)58-38-37-57-36-35-56-34-33-55-32-31-54-30-29-53-28-27-52-26-25-51-24-23-50-22-15-21-47-46(49)59-39-44-42-18-13-11-16-40(42)41-17-12-14-19-43(41)44/h11-14,16-19,44H,2-10,15,20-39H2,1H3,(H,47,49). The van der Waals surface area contributed by atoms with Crippen LogP contribution in [0.25, 0.3) is 11.1 Å². The first-order chi connectivity index (χ1) is 29.2. The van der Waals surface area contributed by atoms with Crippen molar-refractivity contribution in [2.75, 3.05) is 125 Å². The van der Waals surface area contributed by atoms with Crippen molar-refractivity contribution >= 4 is 12.1 Å². The normalized spacial score (nSPS) is 12.1. The topological polar surface area (TPSA) is 138 Å². The monoisotopic (exact) mass is 832 g/mol. The molecule has 0 aromatic heterocycles. The molecule has 1 amide bonds. The van der Waals surface area contributed by atoms with Crippen LogP contribution < -0.4 is 5.32 Å². The summed E-state index contributed by atoms with van der Waals surface area (Å²) in [5, 5.41) is 2.81. The van der Waals surface area contributed by atoms with Gasteiger partial charge in [0.25, 0.3) is 0 Å². The highest BCUT2D eigenvalue weighted by Crippen LogP contribution is 2.44. The van der Waals surface area contributed by atoms with E-state index in [4.69, 9.17) is 47.4 Å². The van der Waals surface area contributed by atoms with Crippen molar-refractivity contribution in [3.05, 3.63) is 59.7 Å². The van der Waals surface area contributed by atoms with Gasteiger partial charge >= 0.3 is 12.1 Å². The van der Waals surface area contributed by atoms with Gasteiger partial charge in [-0.1, -0.05) is 107 Å². The smallest absolute Gasteiger partial charge is 0.407 e. The molecule has 0 saturated carbocycles. The molecule has 0 atom stereocenters. The molecule has 1 N–H and O–H groups in total. The maximum Gasteiger partial charge on any atom is 0.407 e. The summed E-state index contributed by atoms with van der Waals surface area (Å²) in [7, 11) is 0. The van der Waals surface area contributed by atoms with Crippen molar-refractivity contribution in [3.8, 4) is 11.1 Å². The van der Waals surface area contributed by atoms with Crippen LogP contribution in [0.4, 0.5) is 4.79 Å². The maximum atomic E-state index is 12.3. The van der Waals surface area contributed by atoms with Gasteiger partial charge in [0, 0.05) is 25.5 Å². The van der Waals surface area contributed by atoms with E-state index in [0.29, 0.717) is 132 Å². The third kappa shape index (κ3) is 24.6. The van der Waals surface area contributed by atoms with E-state index in [2.05, 4.69) is 36.5 Å². The van der Waals surface area contributed by atoms with E-state index < -0.39 is 6.09 Å². The lowest BCUT2D eigenvalue weighted by atomic mass is 9.98. The summed E-state index contributed by atoms with van der Waals surface area (Å²) in [6.07, 6.45) is 11.8. The Morgan fingerprint density at radius 2 is 0.847 bits per heavy atom. The molecule has 2 aromatic rings. The van der Waals surface area contributed by atoms with Gasteiger partial charge in [-0.3, -0.25) is 4.79 Å². The summed E-state index contributed by atoms with van der Waals surface area (Å²) in [6, 6.07) is 16.6. The molecule has 0 unspecified atom stereocenters. The highest BCUT2D eigenvalue weighted by Gasteiger charge is 2.29. The van der Waals surface area contributed by atoms with Crippen molar-refractivity contribution in [3.63, 3.8) is 0 Å². The SMILES string of the molecule is CCCCCCCCCCCC(=O)OCCOCCOCCOCCOCCOCCOCCOCCOCCCNC(=O)OCC1c2ccccc2-c2ccccc21. The average molecular weight is 832 g/mol. The van der Waals surface area contributed by atoms with Gasteiger partial charge in [0.05, 0.1) is 99.1 Å². The first-order valence-corrected chi connectivity index (χ1v) is 22.1. The van der Waals surface area contributed by atoms with Crippen LogP contribution in [0.2, 0.25) is 0 Å². The second-order valence-corrected chi connectivity index (χ2v) is 14.3. The van der Waals surface area contributed by atoms with Crippen LogP contribution in [-0.4, -0.2) is 138 Å². The molecule has 0 fully saturated rings. The number of alkyl carbamates (subject to hydrolysis) is 1. The Balaban J connectivity index is 0.937. The fourth-order valence-electron chi connectivity index (χ4n) is 6.52. The van der Waals surface area contributed by atoms with E-state index in [1.54, 1.807) is 0 Å². The first-order valence-electron chi connectivity index (χ1n) is 22.1. The number of ether oxygens (including phenoxy) is 10. The van der Waals surface area contributed by atoms with E-state index in [9.17, 15) is 9.59 Å². The van der Waals surface area contributed by atoms with Crippen LogP contribution in [-0.2, 0) is 52.2 Å². The highest BCUT2D eigenvalue weighted by molar-refractivity contribution is 5.79. The molecule has 3 rings (SSSR count). The van der Waals surface area contributed by atoms with Gasteiger partial charge in [0.2, 0.25) is 0 Å². The van der Waals surface area contributed by atoms with Crippen molar-refractivity contribution in [1.82, 2.24) is 5.32 Å². The van der Waals surface area contributed by atoms with Gasteiger partial charge in [-0.05, 0) is 35.1 Å². The maximum absolute atomic E-state index is 12.3. The minimum Gasteiger partial charge on any atom is -0.463 e. The molecule has 0 radical (unpaired) electrons. The van der Waals surface area contributed by atoms with E-state index in [-0.39, 0.29) is 18.5 Å². The third-order valence-corrected chi connectivity index (χ3v) is 9.66. The summed E-state index contributed by atoms with van der Waals surface area (Å²) >= 11 is 0. The van der Waals surface area contributed by atoms with E-state index in [1.807, 2.05) is 24.3 Å². The Kier molecular flexibility index (Phi) is 30.3. The predicted octanol–water partition coefficient (Wildman–Crippen LogP) is 7.51. The van der Waals surface area contributed by atoms with Crippen molar-refractivity contribution < 1.29 is 57.0 Å². The van der Waals surface area contributed by atoms with E-state index in [1.165, 1.54) is 67.2 Å². The number of rotatable bonds is 40. The quantitative estimate of drug-likeness (QED) is 0.0526. The zero-order chi connectivity index (χ0) is 41.7. The molecule has 334 valence electrons. The van der Waals surface area contributed by atoms with Crippen LogP contribution in [0.3, 0.4) is 0 Å². The molecule has 2 aromatic carbocycles. The summed E-state index contributed by atoms with van der Waals surface area (Å²) in [6.45, 7) is 10.9. The number of unbranched alkanes of at least 4 members (excludes halogenated alkanes) is 8. The van der Waals surface area contributed by atoms with Gasteiger partial charge in [-0.2, -0.15) is 0 Å². The fraction of sp³-hybridized carbons (Fsp3) is 0.696. The van der Waals surface area contributed by atoms with E-state index in [0.717, 1.165) is 12.8 Å². The third-order valence-electron chi connectivity index (χ3n) is 9.66. The average Bonchev–Trinajstić information content (AvgIpc) is 3.57. The number of hydrogen-bond acceptors (Lipinski definition) is 12. The fourth-order valence-corrected chi connectivity index (χ4v) is 6.52. The first kappa shape index (κ1) is 50.2. The van der Waals surface area contributed by atoms with Gasteiger partial charge in [-0.25, -0.2) is 4.79 Å². The minimum atomic E-state index is -0.416. The predicted molar refractivity (Wildman–Crippen MR) is 227 cm³/mol. The second-order valence-electron chi connectivity index (χ2n) is 14.3. The summed E-state index contributed by atoms with van der Waals surface area (Å²) in [5.41, 5.74) is 4.80. The number of esters is 1. The molecule has 13 nitrogen and oxygen atoms in total. The van der Waals surface area contributed by atoms with Gasteiger partial charge in [0.15, 0.2) is 0 Å². The number of amides is 1. The lowest BCUT2D eigenvalue weighted by Crippen LogP contribution is -2.27. The number of nitrogens with one attached hydrogen (secondary N) is 1. The molecule has 0 aliphatic heterocycles. The van der Waals surface area contributed by atoms with Gasteiger partial charge < -0.3 is 52.7 Å². The molecule has 0 saturated heterocycles. The van der Waals surface area contributed by atoms with Crippen molar-refractivity contribution in [1.29, 1.82) is 0 Å². The lowest BCUT2D eigenvalue weighted by molar-refractivity contribution is -0.145. The molecule has 0 bridgehead atoms. The second kappa shape index (κ2) is 35.6. The van der Waals surface area contributed by atoms with Crippen LogP contribution in [0.1, 0.15) is 94.6 Å². The van der Waals surface area contributed by atoms with Crippen LogP contribution in [0, 0.1) is 0 Å². The Labute approximate surface area is 353 Å². The largest absolute Gasteiger partial charge is 0.463 e. The Morgan fingerprint density at radius 1 is 0.458 bits per heavy atom. The van der Waals surface area contributed by atoms with Crippen LogP contribution in [0.5, 0.6) is 0 Å². The molecule has 59 heavy (non-hydrogen) atoms. The van der Waals surface area contributed by atoms with E-state index >= 15 is 0 Å². The number of hydrogen-bond donors (Lipinski definition) is 1. The molecule has 13 heteroatoms. The molecule has 0 spiro atoms. The summed E-state index contributed by atoms with van der Waals surface area (Å²) in [5.74, 6) is -0.0924. The van der Waals surface area contributed by atoms with Crippen LogP contribution >= 0.6 is 0 Å². The van der Waals surface area contributed by atoms with Gasteiger partial charge in [-0.15, -0.1) is 0 Å². The zero-order valence-corrected chi connectivity index (χ0v) is 35.8. The lowest BCUT2D eigenvalue weighted by Gasteiger charge is -2.14. The number of benzene rings is 2. The minimum absolute atomic E-state index is 0.0478. The Bertz CT molecular complexity index is 1280. The Morgan fingerprint density at radius 3 is 1.31 bits per heavy atom. The molecule has 1 aliphatic rings. The molecular formula is C46H73NO12. The number of carbonyl (C=O) groups is 2. The number of fused-ring (bicyclic) bond motifs is 3. The van der Waals surface area contributed by atoms with Crippen molar-refractivity contribution in [2.45, 2.75) is 83.5 Å². The Hall–Kier alpha value is -3.14. The van der Waals surface area contributed by atoms with Gasteiger partial charge in [0.1, 0.15) is 13.2 Å². The molecule has 0 heterocycles. The molecular weight excluding hydrogens is 759 g/mol. The van der Waals surface area contributed by atoms with Crippen LogP contribution in [0.15, 0.2) is 48.5 Å². The highest BCUT2D eigenvalue weighted by atomic mass is 16.6. The zero-order valence-electron chi connectivity index (χ0n) is 35.8.